The molecule has 0 amide bonds. The summed E-state index contributed by atoms with van der Waals surface area (Å²) in [4.78, 5) is 13.6. The highest BCUT2D eigenvalue weighted by Gasteiger charge is 2.15. The van der Waals surface area contributed by atoms with Crippen LogP contribution in [0.25, 0.3) is 0 Å². The van der Waals surface area contributed by atoms with Gasteiger partial charge in [0.1, 0.15) is 0 Å². The molecule has 2 aromatic carbocycles. The molecular weight excluding hydrogens is 338 g/mol. The van der Waals surface area contributed by atoms with Crippen molar-refractivity contribution in [3.05, 3.63) is 70.2 Å². The molecule has 1 N–H and O–H groups in total. The van der Waals surface area contributed by atoms with E-state index in [4.69, 9.17) is 11.6 Å². The molecule has 0 bridgehead atoms. The van der Waals surface area contributed by atoms with Crippen molar-refractivity contribution < 1.29 is 9.90 Å². The number of hydrogen-bond donors (Lipinski definition) is 1. The molecule has 0 atom stereocenters. The number of carboxylic acid groups (broad SMARTS) is 1. The van der Waals surface area contributed by atoms with Crippen molar-refractivity contribution in [1.82, 2.24) is 9.91 Å². The van der Waals surface area contributed by atoms with Gasteiger partial charge in [-0.1, -0.05) is 41.9 Å². The van der Waals surface area contributed by atoms with E-state index in [1.165, 1.54) is 5.56 Å². The predicted molar refractivity (Wildman–Crippen MR) is 99.3 cm³/mol. The zero-order chi connectivity index (χ0) is 17.6. The maximum absolute atomic E-state index is 11.2. The van der Waals surface area contributed by atoms with Gasteiger partial charge >= 0.3 is 5.97 Å². The molecule has 2 aromatic rings. The largest absolute Gasteiger partial charge is 0.478 e. The maximum Gasteiger partial charge on any atom is 0.336 e. The Morgan fingerprint density at radius 1 is 1.08 bits per heavy atom. The van der Waals surface area contributed by atoms with Crippen molar-refractivity contribution in [3.63, 3.8) is 0 Å². The minimum Gasteiger partial charge on any atom is -0.478 e. The van der Waals surface area contributed by atoms with Crippen LogP contribution in [-0.4, -0.2) is 53.4 Å². The van der Waals surface area contributed by atoms with E-state index >= 15 is 0 Å². The van der Waals surface area contributed by atoms with E-state index in [0.29, 0.717) is 5.56 Å². The third-order valence-electron chi connectivity index (χ3n) is 4.22. The first-order chi connectivity index (χ1) is 12.1. The molecule has 0 aliphatic carbocycles. The van der Waals surface area contributed by atoms with E-state index in [9.17, 15) is 9.90 Å². The molecule has 25 heavy (non-hydrogen) atoms. The summed E-state index contributed by atoms with van der Waals surface area (Å²) in [6.07, 6.45) is 1.64. The number of benzene rings is 2. The van der Waals surface area contributed by atoms with Gasteiger partial charge < -0.3 is 5.11 Å². The Labute approximate surface area is 152 Å². The third kappa shape index (κ3) is 4.81. The second-order valence-corrected chi connectivity index (χ2v) is 6.43. The van der Waals surface area contributed by atoms with Gasteiger partial charge in [0.2, 0.25) is 0 Å². The minimum atomic E-state index is -0.935. The average molecular weight is 358 g/mol. The highest BCUT2D eigenvalue weighted by atomic mass is 35.5. The predicted octanol–water partition coefficient (Wildman–Crippen LogP) is 3.19. The Morgan fingerprint density at radius 2 is 1.76 bits per heavy atom. The van der Waals surface area contributed by atoms with E-state index in [-0.39, 0.29) is 5.56 Å². The lowest BCUT2D eigenvalue weighted by Gasteiger charge is -2.33. The normalized spacial score (nSPS) is 15.6. The number of piperazine rings is 1. The molecule has 0 saturated carbocycles. The Balaban J connectivity index is 1.54. The number of rotatable bonds is 5. The lowest BCUT2D eigenvalue weighted by atomic mass is 10.1. The van der Waals surface area contributed by atoms with Gasteiger partial charge in [-0.2, -0.15) is 5.10 Å². The van der Waals surface area contributed by atoms with Crippen molar-refractivity contribution in [2.75, 3.05) is 26.2 Å². The number of nitrogens with zero attached hydrogens (tertiary/aromatic N) is 3. The topological polar surface area (TPSA) is 56.1 Å². The summed E-state index contributed by atoms with van der Waals surface area (Å²) in [7, 11) is 0. The summed E-state index contributed by atoms with van der Waals surface area (Å²) >= 11 is 5.92. The first-order valence-electron chi connectivity index (χ1n) is 8.20. The van der Waals surface area contributed by atoms with Gasteiger partial charge in [-0.15, -0.1) is 0 Å². The van der Waals surface area contributed by atoms with Gasteiger partial charge in [0, 0.05) is 43.3 Å². The van der Waals surface area contributed by atoms with Crippen molar-refractivity contribution in [1.29, 1.82) is 0 Å². The van der Waals surface area contributed by atoms with E-state index in [0.717, 1.165) is 37.7 Å². The maximum atomic E-state index is 11.2. The molecule has 0 spiro atoms. The van der Waals surface area contributed by atoms with Crippen molar-refractivity contribution in [2.24, 2.45) is 5.10 Å². The summed E-state index contributed by atoms with van der Waals surface area (Å²) in [5.74, 6) is -0.935. The van der Waals surface area contributed by atoms with Crippen molar-refractivity contribution in [3.8, 4) is 0 Å². The Morgan fingerprint density at radius 3 is 2.44 bits per heavy atom. The number of carbonyl (C=O) groups is 1. The molecule has 0 unspecified atom stereocenters. The molecule has 1 saturated heterocycles. The average Bonchev–Trinajstić information content (AvgIpc) is 2.63. The smallest absolute Gasteiger partial charge is 0.336 e. The lowest BCUT2D eigenvalue weighted by molar-refractivity contribution is 0.0696. The van der Waals surface area contributed by atoms with E-state index in [2.05, 4.69) is 22.1 Å². The number of hydrazone groups is 1. The summed E-state index contributed by atoms with van der Waals surface area (Å²) in [6.45, 7) is 4.37. The van der Waals surface area contributed by atoms with Crippen LogP contribution in [0.2, 0.25) is 5.02 Å². The van der Waals surface area contributed by atoms with Crippen LogP contribution in [0.1, 0.15) is 21.5 Å². The molecule has 1 aliphatic heterocycles. The standard InChI is InChI=1S/C19H20ClN3O2/c20-17-7-5-15(6-8-17)14-22-9-11-23(12-10-22)21-13-16-3-1-2-4-18(16)19(24)25/h1-8,13H,9-12,14H2,(H,24,25)/b21-13-. The Bertz CT molecular complexity index is 754. The van der Waals surface area contributed by atoms with Gasteiger partial charge in [0.25, 0.3) is 0 Å². The number of halogens is 1. The fraction of sp³-hybridized carbons (Fsp3) is 0.263. The summed E-state index contributed by atoms with van der Waals surface area (Å²) in [6, 6.07) is 14.8. The van der Waals surface area contributed by atoms with E-state index in [1.54, 1.807) is 24.4 Å². The third-order valence-corrected chi connectivity index (χ3v) is 4.47. The number of carboxylic acids is 1. The van der Waals surface area contributed by atoms with Crippen LogP contribution in [0.4, 0.5) is 0 Å². The molecular formula is C19H20ClN3O2. The van der Waals surface area contributed by atoms with Gasteiger partial charge in [0.05, 0.1) is 11.8 Å². The molecule has 5 nitrogen and oxygen atoms in total. The van der Waals surface area contributed by atoms with Crippen LogP contribution in [0.3, 0.4) is 0 Å². The second kappa shape index (κ2) is 8.14. The molecule has 130 valence electrons. The van der Waals surface area contributed by atoms with E-state index < -0.39 is 5.97 Å². The van der Waals surface area contributed by atoms with Crippen LogP contribution < -0.4 is 0 Å². The van der Waals surface area contributed by atoms with Crippen LogP contribution in [0.15, 0.2) is 53.6 Å². The highest BCUT2D eigenvalue weighted by molar-refractivity contribution is 6.30. The van der Waals surface area contributed by atoms with Crippen LogP contribution in [-0.2, 0) is 6.54 Å². The Hall–Kier alpha value is -2.37. The molecule has 6 heteroatoms. The molecule has 3 rings (SSSR count). The SMILES string of the molecule is O=C(O)c1ccccc1/C=N\N1CCN(Cc2ccc(Cl)cc2)CC1. The molecule has 1 fully saturated rings. The minimum absolute atomic E-state index is 0.271. The van der Waals surface area contributed by atoms with E-state index in [1.807, 2.05) is 23.2 Å². The van der Waals surface area contributed by atoms with Crippen LogP contribution in [0.5, 0.6) is 0 Å². The van der Waals surface area contributed by atoms with Crippen LogP contribution in [0, 0.1) is 0 Å². The fourth-order valence-electron chi connectivity index (χ4n) is 2.81. The van der Waals surface area contributed by atoms with Gasteiger partial charge in [-0.05, 0) is 23.8 Å². The lowest BCUT2D eigenvalue weighted by Crippen LogP contribution is -2.43. The zero-order valence-electron chi connectivity index (χ0n) is 13.8. The first-order valence-corrected chi connectivity index (χ1v) is 8.57. The highest BCUT2D eigenvalue weighted by Crippen LogP contribution is 2.13. The summed E-state index contributed by atoms with van der Waals surface area (Å²) in [5, 5.41) is 16.4. The Kier molecular flexibility index (Phi) is 5.68. The first kappa shape index (κ1) is 17.5. The zero-order valence-corrected chi connectivity index (χ0v) is 14.6. The van der Waals surface area contributed by atoms with Gasteiger partial charge in [-0.3, -0.25) is 9.91 Å². The van der Waals surface area contributed by atoms with Gasteiger partial charge in [0.15, 0.2) is 0 Å². The number of aromatic carboxylic acids is 1. The van der Waals surface area contributed by atoms with Crippen molar-refractivity contribution >= 4 is 23.8 Å². The van der Waals surface area contributed by atoms with Gasteiger partial charge in [-0.25, -0.2) is 4.79 Å². The van der Waals surface area contributed by atoms with Crippen LogP contribution >= 0.6 is 11.6 Å². The summed E-state index contributed by atoms with van der Waals surface area (Å²) in [5.41, 5.74) is 2.14. The van der Waals surface area contributed by atoms with Crippen molar-refractivity contribution in [2.45, 2.75) is 6.54 Å². The molecule has 0 aromatic heterocycles. The second-order valence-electron chi connectivity index (χ2n) is 5.99. The monoisotopic (exact) mass is 357 g/mol. The quantitative estimate of drug-likeness (QED) is 0.835. The molecule has 1 heterocycles. The summed E-state index contributed by atoms with van der Waals surface area (Å²) < 4.78 is 0. The number of hydrogen-bond acceptors (Lipinski definition) is 4. The fourth-order valence-corrected chi connectivity index (χ4v) is 2.93. The molecule has 1 aliphatic rings. The molecule has 0 radical (unpaired) electrons.